The normalized spacial score (nSPS) is 40.2. The number of piperidine rings is 1. The van der Waals surface area contributed by atoms with Gasteiger partial charge in [0.15, 0.2) is 5.96 Å². The van der Waals surface area contributed by atoms with E-state index in [1.807, 2.05) is 7.05 Å². The van der Waals surface area contributed by atoms with Crippen LogP contribution in [0.5, 0.6) is 0 Å². The van der Waals surface area contributed by atoms with Gasteiger partial charge in [-0.2, -0.15) is 0 Å². The molecular weight excluding hydrogens is 429 g/mol. The van der Waals surface area contributed by atoms with Crippen LogP contribution in [0.1, 0.15) is 46.0 Å². The van der Waals surface area contributed by atoms with Gasteiger partial charge in [-0.3, -0.25) is 4.99 Å². The van der Waals surface area contributed by atoms with E-state index in [1.165, 1.54) is 32.1 Å². The van der Waals surface area contributed by atoms with E-state index in [2.05, 4.69) is 29.1 Å². The number of guanidine groups is 1. The summed E-state index contributed by atoms with van der Waals surface area (Å²) in [5, 5.41) is 3.81. The van der Waals surface area contributed by atoms with Crippen LogP contribution in [0.25, 0.3) is 0 Å². The van der Waals surface area contributed by atoms with Gasteiger partial charge >= 0.3 is 0 Å². The van der Waals surface area contributed by atoms with Crippen molar-refractivity contribution in [1.29, 1.82) is 0 Å². The largest absolute Gasteiger partial charge is 0.381 e. The average molecular weight is 463 g/mol. The molecule has 1 N–H and O–H groups in total. The number of ether oxygens (including phenoxy) is 2. The molecule has 6 heteroatoms. The topological polar surface area (TPSA) is 46.1 Å². The van der Waals surface area contributed by atoms with Crippen LogP contribution >= 0.6 is 24.0 Å². The van der Waals surface area contributed by atoms with Gasteiger partial charge in [0.25, 0.3) is 0 Å². The number of aliphatic imine (C=N–C) groups is 1. The van der Waals surface area contributed by atoms with Crippen molar-refractivity contribution in [2.45, 2.75) is 58.1 Å². The number of hydrogen-bond donors (Lipinski definition) is 1. The minimum Gasteiger partial charge on any atom is -0.381 e. The van der Waals surface area contributed by atoms with Crippen LogP contribution in [0.4, 0.5) is 0 Å². The first-order chi connectivity index (χ1) is 11.6. The van der Waals surface area contributed by atoms with Crippen LogP contribution in [-0.4, -0.2) is 63.0 Å². The number of halogens is 1. The van der Waals surface area contributed by atoms with Gasteiger partial charge in [-0.05, 0) is 32.1 Å². The molecule has 1 spiro atoms. The van der Waals surface area contributed by atoms with Crippen molar-refractivity contribution >= 4 is 29.9 Å². The highest BCUT2D eigenvalue weighted by Gasteiger charge is 2.59. The van der Waals surface area contributed by atoms with E-state index in [9.17, 15) is 0 Å². The number of nitrogens with one attached hydrogen (secondary N) is 1. The predicted octanol–water partition coefficient (Wildman–Crippen LogP) is 2.89. The maximum Gasteiger partial charge on any atom is 0.193 e. The Morgan fingerprint density at radius 1 is 1.20 bits per heavy atom. The molecule has 0 aromatic rings. The Morgan fingerprint density at radius 2 is 2.00 bits per heavy atom. The van der Waals surface area contributed by atoms with E-state index in [0.717, 1.165) is 38.9 Å². The lowest BCUT2D eigenvalue weighted by atomic mass is 9.57. The fourth-order valence-corrected chi connectivity index (χ4v) is 5.67. The van der Waals surface area contributed by atoms with Gasteiger partial charge in [-0.25, -0.2) is 0 Å². The Balaban J connectivity index is 0.00000182. The highest BCUT2D eigenvalue weighted by Crippen LogP contribution is 2.52. The molecule has 4 rings (SSSR count). The Morgan fingerprint density at radius 3 is 2.72 bits per heavy atom. The SMILES string of the molecule is CN=C(NC1C2CCOC2C1(C)C)N1CCCC2(CCCOC2)C1.I. The van der Waals surface area contributed by atoms with E-state index < -0.39 is 0 Å². The molecule has 3 heterocycles. The summed E-state index contributed by atoms with van der Waals surface area (Å²) in [5.74, 6) is 1.73. The molecule has 4 atom stereocenters. The molecule has 0 radical (unpaired) electrons. The summed E-state index contributed by atoms with van der Waals surface area (Å²) in [6.07, 6.45) is 6.65. The minimum atomic E-state index is 0. The van der Waals surface area contributed by atoms with Gasteiger partial charge in [0.2, 0.25) is 0 Å². The van der Waals surface area contributed by atoms with Crippen molar-refractivity contribution in [2.24, 2.45) is 21.7 Å². The Kier molecular flexibility index (Phi) is 5.91. The molecule has 0 aromatic heterocycles. The average Bonchev–Trinajstić information content (AvgIpc) is 3.03. The number of fused-ring (bicyclic) bond motifs is 1. The van der Waals surface area contributed by atoms with Gasteiger partial charge in [-0.15, -0.1) is 24.0 Å². The molecule has 4 unspecified atom stereocenters. The van der Waals surface area contributed by atoms with Gasteiger partial charge in [0.05, 0.1) is 12.7 Å². The maximum atomic E-state index is 5.94. The molecule has 144 valence electrons. The zero-order chi connectivity index (χ0) is 16.8. The second-order valence-corrected chi connectivity index (χ2v) is 8.92. The zero-order valence-electron chi connectivity index (χ0n) is 15.9. The first-order valence-electron chi connectivity index (χ1n) is 9.73. The maximum absolute atomic E-state index is 5.94. The van der Waals surface area contributed by atoms with Crippen LogP contribution in [-0.2, 0) is 9.47 Å². The van der Waals surface area contributed by atoms with Crippen LogP contribution in [0, 0.1) is 16.7 Å². The van der Waals surface area contributed by atoms with Crippen LogP contribution in [0.3, 0.4) is 0 Å². The van der Waals surface area contributed by atoms with Crippen LogP contribution in [0.2, 0.25) is 0 Å². The third-order valence-corrected chi connectivity index (χ3v) is 6.96. The van der Waals surface area contributed by atoms with Crippen molar-refractivity contribution in [1.82, 2.24) is 10.2 Å². The summed E-state index contributed by atoms with van der Waals surface area (Å²) >= 11 is 0. The van der Waals surface area contributed by atoms with Gasteiger partial charge in [-0.1, -0.05) is 13.8 Å². The first-order valence-corrected chi connectivity index (χ1v) is 9.73. The molecule has 4 fully saturated rings. The molecule has 3 saturated heterocycles. The Labute approximate surface area is 169 Å². The lowest BCUT2D eigenvalue weighted by Crippen LogP contribution is -2.68. The van der Waals surface area contributed by atoms with Crippen molar-refractivity contribution in [3.8, 4) is 0 Å². The molecule has 0 bridgehead atoms. The smallest absolute Gasteiger partial charge is 0.193 e. The molecule has 5 nitrogen and oxygen atoms in total. The fraction of sp³-hybridized carbons (Fsp3) is 0.947. The highest BCUT2D eigenvalue weighted by atomic mass is 127. The molecule has 25 heavy (non-hydrogen) atoms. The summed E-state index contributed by atoms with van der Waals surface area (Å²) in [7, 11) is 1.93. The molecule has 1 aliphatic carbocycles. The van der Waals surface area contributed by atoms with Crippen LogP contribution < -0.4 is 5.32 Å². The minimum absolute atomic E-state index is 0. The highest BCUT2D eigenvalue weighted by molar-refractivity contribution is 14.0. The lowest BCUT2D eigenvalue weighted by molar-refractivity contribution is -0.108. The predicted molar refractivity (Wildman–Crippen MR) is 111 cm³/mol. The third kappa shape index (κ3) is 3.43. The van der Waals surface area contributed by atoms with Crippen molar-refractivity contribution < 1.29 is 9.47 Å². The quantitative estimate of drug-likeness (QED) is 0.369. The third-order valence-electron chi connectivity index (χ3n) is 6.96. The van der Waals surface area contributed by atoms with E-state index in [1.54, 1.807) is 0 Å². The molecule has 4 aliphatic rings. The molecule has 0 aromatic carbocycles. The summed E-state index contributed by atoms with van der Waals surface area (Å²) in [5.41, 5.74) is 0.542. The molecular formula is C19H34IN3O2. The first kappa shape index (κ1) is 19.7. The van der Waals surface area contributed by atoms with E-state index in [0.29, 0.717) is 23.5 Å². The Bertz CT molecular complexity index is 499. The standard InChI is InChI=1S/C19H33N3O2.HI/c1-18(2)15(14-6-11-24-16(14)18)21-17(20-3)22-9-4-7-19(12-22)8-5-10-23-13-19;/h14-16H,4-13H2,1-3H3,(H,20,21);1H. The number of rotatable bonds is 1. The molecule has 0 amide bonds. The van der Waals surface area contributed by atoms with E-state index >= 15 is 0 Å². The monoisotopic (exact) mass is 463 g/mol. The van der Waals surface area contributed by atoms with E-state index in [4.69, 9.17) is 9.47 Å². The number of nitrogens with zero attached hydrogens (tertiary/aromatic N) is 2. The second kappa shape index (κ2) is 7.50. The number of hydrogen-bond acceptors (Lipinski definition) is 3. The second-order valence-electron chi connectivity index (χ2n) is 8.92. The summed E-state index contributed by atoms with van der Waals surface area (Å²) in [6.45, 7) is 9.64. The van der Waals surface area contributed by atoms with Gasteiger partial charge in [0, 0.05) is 56.1 Å². The van der Waals surface area contributed by atoms with Gasteiger partial charge in [0.1, 0.15) is 0 Å². The molecule has 3 aliphatic heterocycles. The fourth-order valence-electron chi connectivity index (χ4n) is 5.67. The van der Waals surface area contributed by atoms with E-state index in [-0.39, 0.29) is 29.4 Å². The van der Waals surface area contributed by atoms with Crippen molar-refractivity contribution in [3.05, 3.63) is 0 Å². The summed E-state index contributed by atoms with van der Waals surface area (Å²) in [6, 6.07) is 0.476. The van der Waals surface area contributed by atoms with Gasteiger partial charge < -0.3 is 19.7 Å². The lowest BCUT2D eigenvalue weighted by Gasteiger charge is -2.56. The van der Waals surface area contributed by atoms with Crippen molar-refractivity contribution in [2.75, 3.05) is 40.0 Å². The van der Waals surface area contributed by atoms with Crippen molar-refractivity contribution in [3.63, 3.8) is 0 Å². The molecule has 1 saturated carbocycles. The number of likely N-dealkylation sites (tertiary alicyclic amines) is 1. The zero-order valence-corrected chi connectivity index (χ0v) is 18.3. The summed E-state index contributed by atoms with van der Waals surface area (Å²) in [4.78, 5) is 7.12. The van der Waals surface area contributed by atoms with Crippen LogP contribution in [0.15, 0.2) is 4.99 Å². The summed E-state index contributed by atoms with van der Waals surface area (Å²) < 4.78 is 11.8. The Hall–Kier alpha value is -0.0800.